The lowest BCUT2D eigenvalue weighted by atomic mass is 9.78. The van der Waals surface area contributed by atoms with E-state index in [1.54, 1.807) is 0 Å². The van der Waals surface area contributed by atoms with E-state index in [0.717, 1.165) is 19.4 Å². The molecule has 1 saturated heterocycles. The van der Waals surface area contributed by atoms with Crippen LogP contribution in [-0.2, 0) is 11.2 Å². The first-order valence-corrected chi connectivity index (χ1v) is 8.17. The van der Waals surface area contributed by atoms with Crippen molar-refractivity contribution >= 4 is 0 Å². The van der Waals surface area contributed by atoms with Crippen molar-refractivity contribution in [3.63, 3.8) is 0 Å². The summed E-state index contributed by atoms with van der Waals surface area (Å²) in [5, 5.41) is 3.70. The molecule has 0 radical (unpaired) electrons. The molecule has 3 nitrogen and oxygen atoms in total. The van der Waals surface area contributed by atoms with Gasteiger partial charge < -0.3 is 10.1 Å². The van der Waals surface area contributed by atoms with Gasteiger partial charge in [0.2, 0.25) is 0 Å². The van der Waals surface area contributed by atoms with Gasteiger partial charge in [-0.25, -0.2) is 0 Å². The Morgan fingerprint density at radius 2 is 2.05 bits per heavy atom. The Kier molecular flexibility index (Phi) is 4.74. The van der Waals surface area contributed by atoms with Crippen molar-refractivity contribution < 1.29 is 4.74 Å². The molecule has 0 aromatic carbocycles. The summed E-state index contributed by atoms with van der Waals surface area (Å²) in [6.45, 7) is 14.2. The minimum atomic E-state index is -0.120. The number of nitrogens with zero attached hydrogens (tertiary/aromatic N) is 1. The average molecular weight is 290 g/mol. The second kappa shape index (κ2) is 6.05. The summed E-state index contributed by atoms with van der Waals surface area (Å²) in [5.74, 6) is 0.458. The first-order chi connectivity index (χ1) is 9.80. The molecule has 0 aliphatic carbocycles. The van der Waals surface area contributed by atoms with Gasteiger partial charge in [0.15, 0.2) is 0 Å². The van der Waals surface area contributed by atoms with Gasteiger partial charge in [0.1, 0.15) is 0 Å². The van der Waals surface area contributed by atoms with Crippen LogP contribution in [0.4, 0.5) is 0 Å². The van der Waals surface area contributed by atoms with E-state index in [2.05, 4.69) is 57.9 Å². The second-order valence-electron chi connectivity index (χ2n) is 7.24. The molecule has 0 amide bonds. The Labute approximate surface area is 129 Å². The van der Waals surface area contributed by atoms with Gasteiger partial charge in [-0.05, 0) is 64.3 Å². The van der Waals surface area contributed by atoms with Gasteiger partial charge >= 0.3 is 0 Å². The van der Waals surface area contributed by atoms with E-state index in [-0.39, 0.29) is 11.2 Å². The van der Waals surface area contributed by atoms with Gasteiger partial charge in [-0.1, -0.05) is 13.8 Å². The number of hydrogen-bond donors (Lipinski definition) is 1. The molecule has 0 spiro atoms. The van der Waals surface area contributed by atoms with Crippen LogP contribution in [0.3, 0.4) is 0 Å². The van der Waals surface area contributed by atoms with Gasteiger partial charge in [-0.3, -0.25) is 4.98 Å². The first-order valence-electron chi connectivity index (χ1n) is 8.17. The number of hydrogen-bond acceptors (Lipinski definition) is 3. The Morgan fingerprint density at radius 3 is 2.57 bits per heavy atom. The maximum absolute atomic E-state index is 6.32. The fourth-order valence-electron chi connectivity index (χ4n) is 3.85. The average Bonchev–Trinajstić information content (AvgIpc) is 2.64. The molecule has 1 aromatic rings. The molecule has 21 heavy (non-hydrogen) atoms. The normalized spacial score (nSPS) is 25.0. The zero-order valence-corrected chi connectivity index (χ0v) is 14.4. The highest BCUT2D eigenvalue weighted by atomic mass is 16.5. The summed E-state index contributed by atoms with van der Waals surface area (Å²) in [7, 11) is 0. The standard InChI is InChI=1S/C18H30N2O/c1-7-13-12-19-10-9-14(13)16(20-8-2)15-11-17(3,4)21-18(15,5)6/h9-10,12,15-16,20H,7-8,11H2,1-6H3. The van der Waals surface area contributed by atoms with E-state index in [1.165, 1.54) is 11.1 Å². The lowest BCUT2D eigenvalue weighted by Crippen LogP contribution is -2.39. The molecular formula is C18H30N2O. The molecule has 1 aromatic heterocycles. The van der Waals surface area contributed by atoms with Gasteiger partial charge in [0.25, 0.3) is 0 Å². The third-order valence-corrected chi connectivity index (χ3v) is 4.63. The molecule has 1 aliphatic heterocycles. The van der Waals surface area contributed by atoms with E-state index in [0.29, 0.717) is 12.0 Å². The molecule has 118 valence electrons. The van der Waals surface area contributed by atoms with Gasteiger partial charge in [0.05, 0.1) is 11.2 Å². The molecular weight excluding hydrogens is 260 g/mol. The molecule has 2 unspecified atom stereocenters. The summed E-state index contributed by atoms with van der Waals surface area (Å²) in [4.78, 5) is 4.29. The fraction of sp³-hybridized carbons (Fsp3) is 0.722. The molecule has 1 aliphatic rings. The number of ether oxygens (including phenoxy) is 1. The molecule has 1 N–H and O–H groups in total. The van der Waals surface area contributed by atoms with Crippen LogP contribution < -0.4 is 5.32 Å². The predicted octanol–water partition coefficient (Wildman–Crippen LogP) is 3.89. The van der Waals surface area contributed by atoms with Crippen molar-refractivity contribution in [2.75, 3.05) is 6.54 Å². The maximum Gasteiger partial charge on any atom is 0.0681 e. The van der Waals surface area contributed by atoms with Crippen LogP contribution >= 0.6 is 0 Å². The van der Waals surface area contributed by atoms with Gasteiger partial charge in [-0.15, -0.1) is 0 Å². The van der Waals surface area contributed by atoms with Crippen LogP contribution in [0.25, 0.3) is 0 Å². The third-order valence-electron chi connectivity index (χ3n) is 4.63. The summed E-state index contributed by atoms with van der Waals surface area (Å²) >= 11 is 0. The van der Waals surface area contributed by atoms with E-state index in [4.69, 9.17) is 4.74 Å². The summed E-state index contributed by atoms with van der Waals surface area (Å²) in [6.07, 6.45) is 6.01. The lowest BCUT2D eigenvalue weighted by Gasteiger charge is -2.34. The number of aryl methyl sites for hydroxylation is 1. The zero-order valence-electron chi connectivity index (χ0n) is 14.4. The molecule has 3 heteroatoms. The molecule has 1 fully saturated rings. The number of nitrogens with one attached hydrogen (secondary N) is 1. The van der Waals surface area contributed by atoms with Crippen LogP contribution in [0, 0.1) is 5.92 Å². The Bertz CT molecular complexity index is 482. The van der Waals surface area contributed by atoms with Crippen molar-refractivity contribution in [3.05, 3.63) is 29.6 Å². The van der Waals surface area contributed by atoms with Gasteiger partial charge in [-0.2, -0.15) is 0 Å². The van der Waals surface area contributed by atoms with Crippen LogP contribution in [-0.4, -0.2) is 22.7 Å². The van der Waals surface area contributed by atoms with Gasteiger partial charge in [0, 0.05) is 24.4 Å². The number of aromatic nitrogens is 1. The maximum atomic E-state index is 6.32. The first kappa shape index (κ1) is 16.4. The van der Waals surface area contributed by atoms with Crippen LogP contribution in [0.1, 0.15) is 65.1 Å². The second-order valence-corrected chi connectivity index (χ2v) is 7.24. The molecule has 2 heterocycles. The van der Waals surface area contributed by atoms with Crippen LogP contribution in [0.15, 0.2) is 18.5 Å². The SMILES string of the molecule is CCNC(c1ccncc1CC)C1CC(C)(C)OC1(C)C. The topological polar surface area (TPSA) is 34.2 Å². The highest BCUT2D eigenvalue weighted by Gasteiger charge is 2.49. The third kappa shape index (κ3) is 3.46. The van der Waals surface area contributed by atoms with Crippen molar-refractivity contribution in [2.24, 2.45) is 5.92 Å². The van der Waals surface area contributed by atoms with Crippen LogP contribution in [0.5, 0.6) is 0 Å². The highest BCUT2D eigenvalue weighted by Crippen LogP contribution is 2.48. The van der Waals surface area contributed by atoms with Crippen molar-refractivity contribution in [1.29, 1.82) is 0 Å². The smallest absolute Gasteiger partial charge is 0.0681 e. The number of pyridine rings is 1. The Morgan fingerprint density at radius 1 is 1.33 bits per heavy atom. The quantitative estimate of drug-likeness (QED) is 0.893. The largest absolute Gasteiger partial charge is 0.369 e. The summed E-state index contributed by atoms with van der Waals surface area (Å²) in [6, 6.07) is 2.50. The summed E-state index contributed by atoms with van der Waals surface area (Å²) < 4.78 is 6.32. The molecule has 2 atom stereocenters. The van der Waals surface area contributed by atoms with Crippen molar-refractivity contribution in [3.8, 4) is 0 Å². The van der Waals surface area contributed by atoms with Crippen molar-refractivity contribution in [2.45, 2.75) is 71.6 Å². The number of rotatable bonds is 5. The minimum absolute atomic E-state index is 0.0543. The molecule has 2 rings (SSSR count). The lowest BCUT2D eigenvalue weighted by molar-refractivity contribution is -0.0778. The Balaban J connectivity index is 2.39. The minimum Gasteiger partial charge on any atom is -0.369 e. The summed E-state index contributed by atoms with van der Waals surface area (Å²) in [5.41, 5.74) is 2.55. The van der Waals surface area contributed by atoms with E-state index < -0.39 is 0 Å². The zero-order chi connectivity index (χ0) is 15.7. The monoisotopic (exact) mass is 290 g/mol. The van der Waals surface area contributed by atoms with E-state index in [1.807, 2.05) is 12.4 Å². The van der Waals surface area contributed by atoms with Crippen molar-refractivity contribution in [1.82, 2.24) is 10.3 Å². The predicted molar refractivity (Wildman–Crippen MR) is 87.4 cm³/mol. The Hall–Kier alpha value is -0.930. The van der Waals surface area contributed by atoms with E-state index >= 15 is 0 Å². The van der Waals surface area contributed by atoms with Crippen LogP contribution in [0.2, 0.25) is 0 Å². The van der Waals surface area contributed by atoms with E-state index in [9.17, 15) is 0 Å². The molecule has 0 bridgehead atoms. The molecule has 0 saturated carbocycles. The fourth-order valence-corrected chi connectivity index (χ4v) is 3.85. The highest BCUT2D eigenvalue weighted by molar-refractivity contribution is 5.28.